The minimum Gasteiger partial charge on any atom is -0.395 e. The van der Waals surface area contributed by atoms with Gasteiger partial charge in [0, 0.05) is 6.54 Å². The van der Waals surface area contributed by atoms with Crippen molar-refractivity contribution in [2.75, 3.05) is 13.2 Å². The first-order valence-electron chi connectivity index (χ1n) is 9.92. The Morgan fingerprint density at radius 1 is 1.28 bits per heavy atom. The maximum absolute atomic E-state index is 12.7. The van der Waals surface area contributed by atoms with Crippen LogP contribution in [0, 0.1) is 6.92 Å². The summed E-state index contributed by atoms with van der Waals surface area (Å²) in [5.74, 6) is 0.0506. The van der Waals surface area contributed by atoms with Gasteiger partial charge in [0.25, 0.3) is 5.91 Å². The molecule has 1 saturated carbocycles. The van der Waals surface area contributed by atoms with Gasteiger partial charge in [0.05, 0.1) is 35.0 Å². The van der Waals surface area contributed by atoms with Crippen LogP contribution in [0.5, 0.6) is 0 Å². The van der Waals surface area contributed by atoms with Crippen LogP contribution in [0.2, 0.25) is 5.02 Å². The molecule has 1 aromatic heterocycles. The number of carbonyl (C=O) groups excluding carboxylic acids is 1. The number of carbonyl (C=O) groups is 1. The van der Waals surface area contributed by atoms with Crippen molar-refractivity contribution in [3.63, 3.8) is 0 Å². The first-order chi connectivity index (χ1) is 13.8. The van der Waals surface area contributed by atoms with Crippen molar-refractivity contribution in [2.24, 2.45) is 0 Å². The van der Waals surface area contributed by atoms with E-state index in [1.165, 1.54) is 15.3 Å². The lowest BCUT2D eigenvalue weighted by Gasteiger charge is -2.26. The Hall–Kier alpha value is -2.16. The molecule has 1 aromatic carbocycles. The summed E-state index contributed by atoms with van der Waals surface area (Å²) in [5.41, 5.74) is -0.689. The molecule has 1 aliphatic rings. The zero-order valence-electron chi connectivity index (χ0n) is 16.5. The highest BCUT2D eigenvalue weighted by atomic mass is 35.5. The van der Waals surface area contributed by atoms with Crippen LogP contribution in [-0.2, 0) is 6.54 Å². The summed E-state index contributed by atoms with van der Waals surface area (Å²) in [6, 6.07) is 4.65. The summed E-state index contributed by atoms with van der Waals surface area (Å²) in [5, 5.41) is 27.1. The molecule has 2 aromatic rings. The number of halogens is 1. The topological polar surface area (TPSA) is 109 Å². The monoisotopic (exact) mass is 422 g/mol. The molecule has 0 radical (unpaired) electrons. The second kappa shape index (κ2) is 9.11. The summed E-state index contributed by atoms with van der Waals surface area (Å²) >= 11 is 6.22. The van der Waals surface area contributed by atoms with E-state index >= 15 is 0 Å². The van der Waals surface area contributed by atoms with Gasteiger partial charge < -0.3 is 15.5 Å². The average Bonchev–Trinajstić information content (AvgIpc) is 2.86. The predicted molar refractivity (Wildman–Crippen MR) is 110 cm³/mol. The highest BCUT2D eigenvalue weighted by Crippen LogP contribution is 2.27. The number of nitrogens with one attached hydrogen (secondary N) is 1. The molecule has 8 nitrogen and oxygen atoms in total. The Morgan fingerprint density at radius 2 is 1.97 bits per heavy atom. The lowest BCUT2D eigenvalue weighted by Crippen LogP contribution is -2.42. The van der Waals surface area contributed by atoms with E-state index < -0.39 is 17.2 Å². The zero-order chi connectivity index (χ0) is 21.0. The average molecular weight is 423 g/mol. The van der Waals surface area contributed by atoms with E-state index in [1.807, 2.05) is 0 Å². The Labute approximate surface area is 174 Å². The molecular formula is C20H27ClN4O4. The van der Waals surface area contributed by atoms with Crippen LogP contribution < -0.4 is 11.0 Å². The molecule has 158 valence electrons. The summed E-state index contributed by atoms with van der Waals surface area (Å²) in [7, 11) is 0. The standard InChI is InChI=1S/C20H27ClN4O4/c1-14-23-25(19(28)24(14)10-11-26)15-6-7-17(21)16(12-15)18(27)22-13-20(29)8-4-2-3-5-9-20/h6-7,12,26,29H,2-5,8-11,13H2,1H3,(H,22,27). The van der Waals surface area contributed by atoms with Gasteiger partial charge in [0.2, 0.25) is 0 Å². The Balaban J connectivity index is 1.81. The minimum atomic E-state index is -0.895. The first kappa shape index (κ1) is 21.5. The number of nitrogens with zero attached hydrogens (tertiary/aromatic N) is 3. The number of aryl methyl sites for hydroxylation is 1. The number of benzene rings is 1. The van der Waals surface area contributed by atoms with Crippen LogP contribution in [0.15, 0.2) is 23.0 Å². The van der Waals surface area contributed by atoms with Crippen molar-refractivity contribution in [1.82, 2.24) is 19.7 Å². The number of aliphatic hydroxyl groups is 2. The van der Waals surface area contributed by atoms with Crippen LogP contribution in [0.25, 0.3) is 5.69 Å². The van der Waals surface area contributed by atoms with Gasteiger partial charge in [-0.1, -0.05) is 37.3 Å². The molecule has 0 aliphatic heterocycles. The van der Waals surface area contributed by atoms with Gasteiger partial charge in [-0.15, -0.1) is 0 Å². The van der Waals surface area contributed by atoms with Gasteiger partial charge in [-0.3, -0.25) is 9.36 Å². The molecule has 0 unspecified atom stereocenters. The lowest BCUT2D eigenvalue weighted by molar-refractivity contribution is 0.0246. The smallest absolute Gasteiger partial charge is 0.350 e. The molecule has 29 heavy (non-hydrogen) atoms. The third-order valence-electron chi connectivity index (χ3n) is 5.42. The van der Waals surface area contributed by atoms with Crippen molar-refractivity contribution >= 4 is 17.5 Å². The van der Waals surface area contributed by atoms with E-state index in [0.29, 0.717) is 24.4 Å². The lowest BCUT2D eigenvalue weighted by atomic mass is 9.94. The molecule has 3 N–H and O–H groups in total. The number of hydrogen-bond donors (Lipinski definition) is 3. The van der Waals surface area contributed by atoms with Gasteiger partial charge in [0.1, 0.15) is 5.82 Å². The first-order valence-corrected chi connectivity index (χ1v) is 10.3. The Morgan fingerprint density at radius 3 is 2.62 bits per heavy atom. The molecule has 0 spiro atoms. The van der Waals surface area contributed by atoms with E-state index in [1.54, 1.807) is 19.1 Å². The maximum Gasteiger partial charge on any atom is 0.350 e. The zero-order valence-corrected chi connectivity index (χ0v) is 17.3. The second-order valence-corrected chi connectivity index (χ2v) is 8.01. The van der Waals surface area contributed by atoms with E-state index in [9.17, 15) is 14.7 Å². The summed E-state index contributed by atoms with van der Waals surface area (Å²) < 4.78 is 2.53. The van der Waals surface area contributed by atoms with Crippen LogP contribution >= 0.6 is 11.6 Å². The molecule has 1 heterocycles. The quantitative estimate of drug-likeness (QED) is 0.615. The summed E-state index contributed by atoms with van der Waals surface area (Å²) in [6.45, 7) is 1.80. The largest absolute Gasteiger partial charge is 0.395 e. The van der Waals surface area contributed by atoms with Crippen molar-refractivity contribution < 1.29 is 15.0 Å². The van der Waals surface area contributed by atoms with Crippen LogP contribution in [-0.4, -0.2) is 49.2 Å². The van der Waals surface area contributed by atoms with Gasteiger partial charge >= 0.3 is 5.69 Å². The summed E-state index contributed by atoms with van der Waals surface area (Å²) in [6.07, 6.45) is 5.42. The minimum absolute atomic E-state index is 0.143. The maximum atomic E-state index is 12.7. The predicted octanol–water partition coefficient (Wildman–Crippen LogP) is 1.80. The molecule has 1 amide bonds. The molecule has 1 aliphatic carbocycles. The number of aromatic nitrogens is 3. The van der Waals surface area contributed by atoms with Gasteiger partial charge in [-0.25, -0.2) is 4.79 Å². The van der Waals surface area contributed by atoms with E-state index in [4.69, 9.17) is 16.7 Å². The van der Waals surface area contributed by atoms with Crippen LogP contribution in [0.1, 0.15) is 54.7 Å². The van der Waals surface area contributed by atoms with E-state index in [-0.39, 0.29) is 30.3 Å². The summed E-state index contributed by atoms with van der Waals surface area (Å²) in [4.78, 5) is 25.3. The molecular weight excluding hydrogens is 396 g/mol. The van der Waals surface area contributed by atoms with Gasteiger partial charge in [0.15, 0.2) is 0 Å². The molecule has 0 bridgehead atoms. The van der Waals surface area contributed by atoms with Crippen LogP contribution in [0.4, 0.5) is 0 Å². The van der Waals surface area contributed by atoms with E-state index in [0.717, 1.165) is 25.7 Å². The number of aliphatic hydroxyl groups excluding tert-OH is 1. The fourth-order valence-electron chi connectivity index (χ4n) is 3.74. The molecule has 0 saturated heterocycles. The Kier molecular flexibility index (Phi) is 6.77. The SMILES string of the molecule is Cc1nn(-c2ccc(Cl)c(C(=O)NCC3(O)CCCCCC3)c2)c(=O)n1CCO. The fourth-order valence-corrected chi connectivity index (χ4v) is 3.95. The Bertz CT molecular complexity index is 929. The number of hydrogen-bond acceptors (Lipinski definition) is 5. The molecule has 1 fully saturated rings. The normalized spacial score (nSPS) is 16.4. The number of rotatable bonds is 6. The van der Waals surface area contributed by atoms with Gasteiger partial charge in [-0.2, -0.15) is 9.78 Å². The molecule has 0 atom stereocenters. The molecule has 9 heteroatoms. The second-order valence-electron chi connectivity index (χ2n) is 7.60. The fraction of sp³-hybridized carbons (Fsp3) is 0.550. The number of amides is 1. The highest BCUT2D eigenvalue weighted by Gasteiger charge is 2.29. The third-order valence-corrected chi connectivity index (χ3v) is 5.75. The van der Waals surface area contributed by atoms with Crippen molar-refractivity contribution in [3.05, 3.63) is 45.1 Å². The van der Waals surface area contributed by atoms with Crippen molar-refractivity contribution in [2.45, 2.75) is 57.6 Å². The molecule has 3 rings (SSSR count). The van der Waals surface area contributed by atoms with Crippen molar-refractivity contribution in [3.8, 4) is 5.69 Å². The van der Waals surface area contributed by atoms with Crippen LogP contribution in [0.3, 0.4) is 0 Å². The highest BCUT2D eigenvalue weighted by molar-refractivity contribution is 6.33. The van der Waals surface area contributed by atoms with Crippen molar-refractivity contribution in [1.29, 1.82) is 0 Å². The van der Waals surface area contributed by atoms with E-state index in [2.05, 4.69) is 10.4 Å². The third kappa shape index (κ3) is 4.88. The van der Waals surface area contributed by atoms with Gasteiger partial charge in [-0.05, 0) is 38.0 Å².